The predicted octanol–water partition coefficient (Wildman–Crippen LogP) is 3.29. The van der Waals surface area contributed by atoms with Gasteiger partial charge < -0.3 is 20.5 Å². The molecule has 3 aromatic rings. The van der Waals surface area contributed by atoms with Crippen LogP contribution in [0.1, 0.15) is 51.8 Å². The van der Waals surface area contributed by atoms with Crippen LogP contribution in [0, 0.1) is 0 Å². The molecule has 0 radical (unpaired) electrons. The zero-order valence-corrected chi connectivity index (χ0v) is 17.2. The number of hydrogen-bond acceptors (Lipinski definition) is 3. The first kappa shape index (κ1) is 20.4. The van der Waals surface area contributed by atoms with E-state index in [1.54, 1.807) is 41.1 Å². The quantitative estimate of drug-likeness (QED) is 0.576. The first-order chi connectivity index (χ1) is 15.0. The minimum absolute atomic E-state index is 0.105. The lowest BCUT2D eigenvalue weighted by Gasteiger charge is -2.26. The summed E-state index contributed by atoms with van der Waals surface area (Å²) >= 11 is 0. The van der Waals surface area contributed by atoms with Crippen molar-refractivity contribution >= 4 is 23.4 Å². The van der Waals surface area contributed by atoms with Crippen LogP contribution in [0.4, 0.5) is 5.69 Å². The van der Waals surface area contributed by atoms with Crippen LogP contribution < -0.4 is 16.0 Å². The SMILES string of the molecule is CC(NC(=O)CC1CNC(=O)c2cc(NC(=O)c3ccccc3)cn21)c1ccccc1. The van der Waals surface area contributed by atoms with E-state index >= 15 is 0 Å². The van der Waals surface area contributed by atoms with Crippen LogP contribution in [0.5, 0.6) is 0 Å². The summed E-state index contributed by atoms with van der Waals surface area (Å²) in [4.78, 5) is 37.4. The number of nitrogens with zero attached hydrogens (tertiary/aromatic N) is 1. The first-order valence-electron chi connectivity index (χ1n) is 10.2. The molecule has 158 valence electrons. The highest BCUT2D eigenvalue weighted by molar-refractivity contribution is 6.05. The van der Waals surface area contributed by atoms with Crippen LogP contribution in [0.3, 0.4) is 0 Å². The topological polar surface area (TPSA) is 92.2 Å². The number of rotatable bonds is 6. The molecule has 0 bridgehead atoms. The van der Waals surface area contributed by atoms with Gasteiger partial charge in [0.05, 0.1) is 17.8 Å². The summed E-state index contributed by atoms with van der Waals surface area (Å²) in [5.74, 6) is -0.587. The zero-order valence-electron chi connectivity index (χ0n) is 17.2. The van der Waals surface area contributed by atoms with Crippen LogP contribution in [0.2, 0.25) is 0 Å². The number of amides is 3. The van der Waals surface area contributed by atoms with E-state index in [1.165, 1.54) is 0 Å². The highest BCUT2D eigenvalue weighted by Crippen LogP contribution is 2.25. The lowest BCUT2D eigenvalue weighted by atomic mass is 10.1. The highest BCUT2D eigenvalue weighted by atomic mass is 16.2. The second-order valence-corrected chi connectivity index (χ2v) is 7.61. The Morgan fingerprint density at radius 3 is 2.48 bits per heavy atom. The van der Waals surface area contributed by atoms with Gasteiger partial charge in [-0.05, 0) is 30.7 Å². The Bertz CT molecular complexity index is 1090. The van der Waals surface area contributed by atoms with Gasteiger partial charge in [-0.2, -0.15) is 0 Å². The summed E-state index contributed by atoms with van der Waals surface area (Å²) in [6, 6.07) is 19.9. The van der Waals surface area contributed by atoms with Gasteiger partial charge in [-0.1, -0.05) is 48.5 Å². The Kier molecular flexibility index (Phi) is 5.84. The van der Waals surface area contributed by atoms with Crippen molar-refractivity contribution in [1.82, 2.24) is 15.2 Å². The number of carbonyl (C=O) groups excluding carboxylic acids is 3. The number of benzene rings is 2. The van der Waals surface area contributed by atoms with Crippen molar-refractivity contribution in [2.24, 2.45) is 0 Å². The summed E-state index contributed by atoms with van der Waals surface area (Å²) in [5, 5.41) is 8.66. The van der Waals surface area contributed by atoms with Crippen LogP contribution in [0.15, 0.2) is 72.9 Å². The second-order valence-electron chi connectivity index (χ2n) is 7.61. The lowest BCUT2D eigenvalue weighted by molar-refractivity contribution is -0.122. The molecule has 31 heavy (non-hydrogen) atoms. The molecule has 1 aromatic heterocycles. The van der Waals surface area contributed by atoms with Crippen molar-refractivity contribution in [3.63, 3.8) is 0 Å². The summed E-state index contributed by atoms with van der Waals surface area (Å²) in [7, 11) is 0. The third-order valence-corrected chi connectivity index (χ3v) is 5.36. The fourth-order valence-electron chi connectivity index (χ4n) is 3.73. The van der Waals surface area contributed by atoms with Crippen molar-refractivity contribution in [3.05, 3.63) is 89.7 Å². The number of carbonyl (C=O) groups is 3. The van der Waals surface area contributed by atoms with E-state index < -0.39 is 0 Å². The summed E-state index contributed by atoms with van der Waals surface area (Å²) in [6.07, 6.45) is 1.93. The van der Waals surface area contributed by atoms with E-state index in [0.29, 0.717) is 23.5 Å². The summed E-state index contributed by atoms with van der Waals surface area (Å²) in [6.45, 7) is 2.29. The molecule has 7 nitrogen and oxygen atoms in total. The van der Waals surface area contributed by atoms with Crippen LogP contribution in [-0.2, 0) is 4.79 Å². The van der Waals surface area contributed by atoms with Gasteiger partial charge in [0.15, 0.2) is 0 Å². The maximum absolute atomic E-state index is 12.6. The number of anilines is 1. The van der Waals surface area contributed by atoms with Gasteiger partial charge in [-0.3, -0.25) is 14.4 Å². The molecule has 3 amide bonds. The van der Waals surface area contributed by atoms with Gasteiger partial charge in [-0.15, -0.1) is 0 Å². The Morgan fingerprint density at radius 2 is 1.77 bits per heavy atom. The molecule has 1 aliphatic rings. The van der Waals surface area contributed by atoms with E-state index in [1.807, 2.05) is 43.3 Å². The molecule has 4 rings (SSSR count). The van der Waals surface area contributed by atoms with Crippen molar-refractivity contribution < 1.29 is 14.4 Å². The monoisotopic (exact) mass is 416 g/mol. The highest BCUT2D eigenvalue weighted by Gasteiger charge is 2.28. The molecule has 2 unspecified atom stereocenters. The molecule has 0 saturated carbocycles. The molecule has 1 aliphatic heterocycles. The molecule has 0 aliphatic carbocycles. The van der Waals surface area contributed by atoms with Crippen molar-refractivity contribution in [2.45, 2.75) is 25.4 Å². The zero-order chi connectivity index (χ0) is 21.8. The van der Waals surface area contributed by atoms with Gasteiger partial charge in [0.2, 0.25) is 5.91 Å². The molecule has 2 heterocycles. The molecule has 3 N–H and O–H groups in total. The minimum Gasteiger partial charge on any atom is -0.350 e. The fourth-order valence-corrected chi connectivity index (χ4v) is 3.73. The van der Waals surface area contributed by atoms with Crippen molar-refractivity contribution in [1.29, 1.82) is 0 Å². The third-order valence-electron chi connectivity index (χ3n) is 5.36. The standard InChI is InChI=1S/C24H24N4O3/c1-16(17-8-4-2-5-9-17)26-22(29)13-20-14-25-24(31)21-12-19(15-28(20)21)27-23(30)18-10-6-3-7-11-18/h2-12,15-16,20H,13-14H2,1H3,(H,25,31)(H,26,29)(H,27,30). The molecular weight excluding hydrogens is 392 g/mol. The van der Waals surface area contributed by atoms with Gasteiger partial charge in [-0.25, -0.2) is 0 Å². The molecular formula is C24H24N4O3. The second kappa shape index (κ2) is 8.87. The smallest absolute Gasteiger partial charge is 0.268 e. The maximum atomic E-state index is 12.6. The average molecular weight is 416 g/mol. The van der Waals surface area contributed by atoms with E-state index in [2.05, 4.69) is 16.0 Å². The van der Waals surface area contributed by atoms with Gasteiger partial charge in [0.1, 0.15) is 5.69 Å². The van der Waals surface area contributed by atoms with Crippen LogP contribution in [-0.4, -0.2) is 28.8 Å². The van der Waals surface area contributed by atoms with Gasteiger partial charge in [0.25, 0.3) is 11.8 Å². The normalized spacial score (nSPS) is 16.0. The number of nitrogens with one attached hydrogen (secondary N) is 3. The van der Waals surface area contributed by atoms with E-state index in [4.69, 9.17) is 0 Å². The molecule has 0 spiro atoms. The summed E-state index contributed by atoms with van der Waals surface area (Å²) < 4.78 is 1.77. The molecule has 0 saturated heterocycles. The predicted molar refractivity (Wildman–Crippen MR) is 118 cm³/mol. The number of aromatic nitrogens is 1. The van der Waals surface area contributed by atoms with E-state index in [-0.39, 0.29) is 36.2 Å². The Morgan fingerprint density at radius 1 is 1.10 bits per heavy atom. The maximum Gasteiger partial charge on any atom is 0.268 e. The first-order valence-corrected chi connectivity index (χ1v) is 10.2. The van der Waals surface area contributed by atoms with Gasteiger partial charge >= 0.3 is 0 Å². The van der Waals surface area contributed by atoms with Crippen molar-refractivity contribution in [3.8, 4) is 0 Å². The number of hydrogen-bond donors (Lipinski definition) is 3. The lowest BCUT2D eigenvalue weighted by Crippen LogP contribution is -2.40. The van der Waals surface area contributed by atoms with Crippen LogP contribution in [0.25, 0.3) is 0 Å². The largest absolute Gasteiger partial charge is 0.350 e. The van der Waals surface area contributed by atoms with E-state index in [0.717, 1.165) is 5.56 Å². The minimum atomic E-state index is -0.255. The third kappa shape index (κ3) is 4.66. The van der Waals surface area contributed by atoms with E-state index in [9.17, 15) is 14.4 Å². The molecule has 7 heteroatoms. The van der Waals surface area contributed by atoms with Crippen LogP contribution >= 0.6 is 0 Å². The average Bonchev–Trinajstić information content (AvgIpc) is 3.21. The molecule has 0 fully saturated rings. The summed E-state index contributed by atoms with van der Waals surface area (Å²) in [5.41, 5.74) is 2.50. The molecule has 2 atom stereocenters. The fraction of sp³-hybridized carbons (Fsp3) is 0.208. The molecule has 2 aromatic carbocycles. The Labute approximate surface area is 180 Å². The van der Waals surface area contributed by atoms with Gasteiger partial charge in [0, 0.05) is 24.7 Å². The number of fused-ring (bicyclic) bond motifs is 1. The Hall–Kier alpha value is -3.87. The Balaban J connectivity index is 1.45. The van der Waals surface area contributed by atoms with Crippen molar-refractivity contribution in [2.75, 3.05) is 11.9 Å².